The first-order valence-corrected chi connectivity index (χ1v) is 20.2. The van der Waals surface area contributed by atoms with Crippen LogP contribution in [0.4, 0.5) is 28.4 Å². The number of aryl methyl sites for hydroxylation is 1. The summed E-state index contributed by atoms with van der Waals surface area (Å²) in [6.45, 7) is 20.4. The third-order valence-electron chi connectivity index (χ3n) is 11.1. The first-order valence-electron chi connectivity index (χ1n) is 18.9. The Kier molecular flexibility index (Phi) is 8.83. The summed E-state index contributed by atoms with van der Waals surface area (Å²) in [5.74, 6) is 0. The smallest absolute Gasteiger partial charge is 0.0881 e. The molecule has 0 spiro atoms. The standard InChI is InChI=1S/C50H49ClN2S/c1-31-25-43(52-36-21-18-34(19-22-36)48(2,3)4)47(51)44(26-31)53(45-30-54-46-24-20-35(29-40(45)46)49(5,6)7)37-14-12-13-32(27-37)33-17-23-39-38-15-10-11-16-41(38)50(8,9)42(39)28-33/h10-30,52H,1-9H3. The highest BCUT2D eigenvalue weighted by molar-refractivity contribution is 7.17. The molecule has 0 aliphatic heterocycles. The van der Waals surface area contributed by atoms with Gasteiger partial charge in [0.1, 0.15) is 0 Å². The fourth-order valence-corrected chi connectivity index (χ4v) is 9.13. The SMILES string of the molecule is Cc1cc(Nc2ccc(C(C)(C)C)cc2)c(Cl)c(N(c2cccc(-c3ccc4c(c3)C(C)(C)c3ccccc3-4)c2)c2csc3ccc(C(C)(C)C)cc23)c1. The van der Waals surface area contributed by atoms with E-state index in [9.17, 15) is 0 Å². The van der Waals surface area contributed by atoms with Gasteiger partial charge >= 0.3 is 0 Å². The van der Waals surface area contributed by atoms with Crippen molar-refractivity contribution < 1.29 is 0 Å². The average Bonchev–Trinajstić information content (AvgIpc) is 3.65. The van der Waals surface area contributed by atoms with Crippen LogP contribution in [-0.4, -0.2) is 0 Å². The van der Waals surface area contributed by atoms with Gasteiger partial charge in [0.25, 0.3) is 0 Å². The minimum absolute atomic E-state index is 0.0136. The Bertz CT molecular complexity index is 2540. The van der Waals surface area contributed by atoms with Gasteiger partial charge in [-0.05, 0) is 122 Å². The van der Waals surface area contributed by atoms with Crippen molar-refractivity contribution in [1.29, 1.82) is 0 Å². The Morgan fingerprint density at radius 1 is 0.630 bits per heavy atom. The van der Waals surface area contributed by atoms with Crippen LogP contribution in [-0.2, 0) is 16.2 Å². The number of benzene rings is 6. The maximum atomic E-state index is 7.55. The molecule has 0 saturated carbocycles. The van der Waals surface area contributed by atoms with E-state index in [0.29, 0.717) is 5.02 Å². The highest BCUT2D eigenvalue weighted by atomic mass is 35.5. The van der Waals surface area contributed by atoms with Crippen LogP contribution in [0.1, 0.15) is 83.2 Å². The predicted octanol–water partition coefficient (Wildman–Crippen LogP) is 15.6. The van der Waals surface area contributed by atoms with E-state index >= 15 is 0 Å². The van der Waals surface area contributed by atoms with E-state index in [0.717, 1.165) is 34.0 Å². The highest BCUT2D eigenvalue weighted by Gasteiger charge is 2.35. The van der Waals surface area contributed by atoms with Gasteiger partial charge < -0.3 is 10.2 Å². The number of thiophene rings is 1. The minimum atomic E-state index is -0.0719. The number of hydrogen-bond acceptors (Lipinski definition) is 3. The van der Waals surface area contributed by atoms with Crippen molar-refractivity contribution in [3.8, 4) is 22.3 Å². The lowest BCUT2D eigenvalue weighted by molar-refractivity contribution is 0.590. The van der Waals surface area contributed by atoms with Crippen molar-refractivity contribution in [2.75, 3.05) is 10.2 Å². The number of hydrogen-bond donors (Lipinski definition) is 1. The Labute approximate surface area is 330 Å². The largest absolute Gasteiger partial charge is 0.354 e. The molecule has 1 aromatic heterocycles. The van der Waals surface area contributed by atoms with E-state index < -0.39 is 0 Å². The lowest BCUT2D eigenvalue weighted by atomic mass is 9.81. The maximum absolute atomic E-state index is 7.55. The molecule has 0 fully saturated rings. The highest BCUT2D eigenvalue weighted by Crippen LogP contribution is 2.51. The van der Waals surface area contributed by atoms with Gasteiger partial charge in [-0.15, -0.1) is 11.3 Å². The van der Waals surface area contributed by atoms with Gasteiger partial charge in [-0.25, -0.2) is 0 Å². The first-order chi connectivity index (χ1) is 25.6. The molecule has 7 aromatic rings. The molecule has 54 heavy (non-hydrogen) atoms. The second-order valence-corrected chi connectivity index (χ2v) is 18.8. The van der Waals surface area contributed by atoms with E-state index in [-0.39, 0.29) is 16.2 Å². The van der Waals surface area contributed by atoms with E-state index in [2.05, 4.69) is 199 Å². The molecule has 1 aliphatic rings. The zero-order valence-corrected chi connectivity index (χ0v) is 34.4. The van der Waals surface area contributed by atoms with Gasteiger partial charge in [0.05, 0.1) is 22.1 Å². The second-order valence-electron chi connectivity index (χ2n) is 17.5. The molecule has 0 amide bonds. The van der Waals surface area contributed by atoms with Gasteiger partial charge in [0, 0.05) is 32.3 Å². The van der Waals surface area contributed by atoms with Gasteiger partial charge in [-0.2, -0.15) is 0 Å². The molecular weight excluding hydrogens is 696 g/mol. The Morgan fingerprint density at radius 3 is 2.06 bits per heavy atom. The number of halogens is 1. The number of nitrogens with zero attached hydrogens (tertiary/aromatic N) is 1. The molecule has 2 nitrogen and oxygen atoms in total. The van der Waals surface area contributed by atoms with Crippen LogP contribution >= 0.6 is 22.9 Å². The first kappa shape index (κ1) is 36.2. The topological polar surface area (TPSA) is 15.3 Å². The lowest BCUT2D eigenvalue weighted by Crippen LogP contribution is -2.15. The summed E-state index contributed by atoms with van der Waals surface area (Å²) in [6, 6.07) is 44.8. The number of fused-ring (bicyclic) bond motifs is 4. The molecule has 0 unspecified atom stereocenters. The summed E-state index contributed by atoms with van der Waals surface area (Å²) in [5.41, 5.74) is 16.6. The van der Waals surface area contributed by atoms with Crippen LogP contribution in [0.25, 0.3) is 32.3 Å². The van der Waals surface area contributed by atoms with Gasteiger partial charge in [-0.1, -0.05) is 134 Å². The van der Waals surface area contributed by atoms with Crippen molar-refractivity contribution in [2.45, 2.75) is 78.6 Å². The number of anilines is 5. The summed E-state index contributed by atoms with van der Waals surface area (Å²) >= 11 is 9.33. The summed E-state index contributed by atoms with van der Waals surface area (Å²) in [7, 11) is 0. The van der Waals surface area contributed by atoms with Crippen LogP contribution in [0.15, 0.2) is 127 Å². The second kappa shape index (κ2) is 13.2. The molecular formula is C50H49ClN2S. The van der Waals surface area contributed by atoms with Gasteiger partial charge in [0.2, 0.25) is 0 Å². The van der Waals surface area contributed by atoms with Crippen molar-refractivity contribution in [1.82, 2.24) is 0 Å². The molecule has 8 rings (SSSR count). The third kappa shape index (κ3) is 6.42. The molecule has 6 aromatic carbocycles. The predicted molar refractivity (Wildman–Crippen MR) is 236 cm³/mol. The third-order valence-corrected chi connectivity index (χ3v) is 12.5. The molecule has 0 radical (unpaired) electrons. The summed E-state index contributed by atoms with van der Waals surface area (Å²) < 4.78 is 1.25. The normalized spacial score (nSPS) is 13.5. The number of rotatable bonds is 6. The zero-order valence-electron chi connectivity index (χ0n) is 32.9. The number of nitrogens with one attached hydrogen (secondary N) is 1. The molecule has 0 bridgehead atoms. The quantitative estimate of drug-likeness (QED) is 0.182. The van der Waals surface area contributed by atoms with E-state index in [1.807, 2.05) is 0 Å². The Balaban J connectivity index is 1.28. The van der Waals surface area contributed by atoms with Crippen LogP contribution < -0.4 is 10.2 Å². The average molecular weight is 745 g/mol. The fourth-order valence-electron chi connectivity index (χ4n) is 7.98. The van der Waals surface area contributed by atoms with Crippen molar-refractivity contribution in [2.24, 2.45) is 0 Å². The van der Waals surface area contributed by atoms with Crippen molar-refractivity contribution in [3.05, 3.63) is 160 Å². The maximum Gasteiger partial charge on any atom is 0.0881 e. The molecule has 4 heteroatoms. The van der Waals surface area contributed by atoms with Crippen LogP contribution in [0.2, 0.25) is 5.02 Å². The van der Waals surface area contributed by atoms with E-state index in [4.69, 9.17) is 11.6 Å². The van der Waals surface area contributed by atoms with Crippen molar-refractivity contribution >= 4 is 61.5 Å². The summed E-state index contributed by atoms with van der Waals surface area (Å²) in [5, 5.41) is 7.86. The van der Waals surface area contributed by atoms with Crippen LogP contribution in [0.5, 0.6) is 0 Å². The molecule has 1 heterocycles. The van der Waals surface area contributed by atoms with Crippen molar-refractivity contribution in [3.63, 3.8) is 0 Å². The molecule has 272 valence electrons. The molecule has 1 N–H and O–H groups in total. The summed E-state index contributed by atoms with van der Waals surface area (Å²) in [6.07, 6.45) is 0. The van der Waals surface area contributed by atoms with Gasteiger partial charge in [0.15, 0.2) is 0 Å². The van der Waals surface area contributed by atoms with Gasteiger partial charge in [-0.3, -0.25) is 0 Å². The monoisotopic (exact) mass is 744 g/mol. The molecule has 0 saturated heterocycles. The lowest BCUT2D eigenvalue weighted by Gasteiger charge is -2.28. The zero-order chi connectivity index (χ0) is 38.2. The summed E-state index contributed by atoms with van der Waals surface area (Å²) in [4.78, 5) is 2.37. The molecule has 1 aliphatic carbocycles. The minimum Gasteiger partial charge on any atom is -0.354 e. The molecule has 0 atom stereocenters. The fraction of sp³-hybridized carbons (Fsp3) is 0.240. The van der Waals surface area contributed by atoms with Crippen LogP contribution in [0, 0.1) is 6.92 Å². The Morgan fingerprint density at radius 2 is 1.31 bits per heavy atom. The Hall–Kier alpha value is -4.83. The van der Waals surface area contributed by atoms with Crippen LogP contribution in [0.3, 0.4) is 0 Å². The van der Waals surface area contributed by atoms with E-state index in [1.54, 1.807) is 11.3 Å². The van der Waals surface area contributed by atoms with E-state index in [1.165, 1.54) is 54.6 Å².